The van der Waals surface area contributed by atoms with Crippen LogP contribution in [0.25, 0.3) is 0 Å². The number of hydrogen-bond acceptors (Lipinski definition) is 4. The molecule has 2 aromatic rings. The molecular formula is C22H26ClN3O3S. The van der Waals surface area contributed by atoms with Gasteiger partial charge in [0.2, 0.25) is 10.0 Å². The largest absolute Gasteiger partial charge is 0.307 e. The number of amides is 1. The summed E-state index contributed by atoms with van der Waals surface area (Å²) in [4.78, 5) is 14.7. The van der Waals surface area contributed by atoms with Crippen LogP contribution in [0.4, 0.5) is 5.69 Å². The molecule has 0 aliphatic heterocycles. The molecular weight excluding hydrogens is 422 g/mol. The first kappa shape index (κ1) is 23.9. The van der Waals surface area contributed by atoms with E-state index in [0.29, 0.717) is 18.8 Å². The van der Waals surface area contributed by atoms with Crippen molar-refractivity contribution in [1.82, 2.24) is 4.31 Å². The SMILES string of the molecule is CCN(CC)S(=O)(=O)c1cc(C(=O)N(CCC#N)c2ccc(C)c(C)c2)ccc1Cl. The number of anilines is 1. The van der Waals surface area contributed by atoms with Gasteiger partial charge in [-0.05, 0) is 55.3 Å². The summed E-state index contributed by atoms with van der Waals surface area (Å²) >= 11 is 6.19. The topological polar surface area (TPSA) is 81.5 Å². The van der Waals surface area contributed by atoms with E-state index in [-0.39, 0.29) is 34.4 Å². The fourth-order valence-electron chi connectivity index (χ4n) is 3.10. The number of hydrogen-bond donors (Lipinski definition) is 0. The van der Waals surface area contributed by atoms with E-state index in [1.165, 1.54) is 27.4 Å². The monoisotopic (exact) mass is 447 g/mol. The fourth-order valence-corrected chi connectivity index (χ4v) is 5.05. The number of halogens is 1. The highest BCUT2D eigenvalue weighted by Crippen LogP contribution is 2.28. The Hall–Kier alpha value is -2.40. The third kappa shape index (κ3) is 5.01. The summed E-state index contributed by atoms with van der Waals surface area (Å²) < 4.78 is 27.2. The van der Waals surface area contributed by atoms with Crippen molar-refractivity contribution in [2.45, 2.75) is 39.0 Å². The van der Waals surface area contributed by atoms with Gasteiger partial charge in [0.25, 0.3) is 5.91 Å². The van der Waals surface area contributed by atoms with Gasteiger partial charge in [0.05, 0.1) is 17.5 Å². The van der Waals surface area contributed by atoms with Crippen LogP contribution in [0.1, 0.15) is 41.8 Å². The number of nitriles is 1. The van der Waals surface area contributed by atoms with Gasteiger partial charge in [0.1, 0.15) is 4.90 Å². The Labute approximate surface area is 183 Å². The average Bonchev–Trinajstić information content (AvgIpc) is 2.71. The highest BCUT2D eigenvalue weighted by Gasteiger charge is 2.27. The lowest BCUT2D eigenvalue weighted by Gasteiger charge is -2.24. The molecule has 0 aliphatic carbocycles. The molecule has 0 unspecified atom stereocenters. The molecule has 0 aromatic heterocycles. The summed E-state index contributed by atoms with van der Waals surface area (Å²) in [5, 5.41) is 9.09. The molecule has 0 N–H and O–H groups in total. The van der Waals surface area contributed by atoms with E-state index in [4.69, 9.17) is 16.9 Å². The molecule has 0 saturated carbocycles. The van der Waals surface area contributed by atoms with E-state index in [0.717, 1.165) is 11.1 Å². The van der Waals surface area contributed by atoms with Gasteiger partial charge in [-0.25, -0.2) is 8.42 Å². The van der Waals surface area contributed by atoms with Crippen LogP contribution >= 0.6 is 11.6 Å². The summed E-state index contributed by atoms with van der Waals surface area (Å²) in [5.74, 6) is -0.388. The normalized spacial score (nSPS) is 11.4. The Balaban J connectivity index is 2.53. The molecule has 2 aromatic carbocycles. The summed E-state index contributed by atoms with van der Waals surface area (Å²) in [7, 11) is -3.83. The highest BCUT2D eigenvalue weighted by molar-refractivity contribution is 7.89. The number of sulfonamides is 1. The quantitative estimate of drug-likeness (QED) is 0.594. The lowest BCUT2D eigenvalue weighted by molar-refractivity contribution is 0.0987. The lowest BCUT2D eigenvalue weighted by atomic mass is 10.1. The molecule has 160 valence electrons. The second-order valence-electron chi connectivity index (χ2n) is 6.87. The molecule has 0 bridgehead atoms. The predicted octanol–water partition coefficient (Wildman–Crippen LogP) is 4.55. The summed E-state index contributed by atoms with van der Waals surface area (Å²) in [6.07, 6.45) is 0.150. The number of nitrogens with zero attached hydrogens (tertiary/aromatic N) is 3. The first-order valence-corrected chi connectivity index (χ1v) is 11.5. The standard InChI is InChI=1S/C22H26ClN3O3S/c1-5-25(6-2)30(28,29)21-15-18(9-11-20(21)23)22(27)26(13-7-12-24)19-10-8-16(3)17(4)14-19/h8-11,14-15H,5-7,13H2,1-4H3. The first-order valence-electron chi connectivity index (χ1n) is 9.73. The minimum atomic E-state index is -3.83. The average molecular weight is 448 g/mol. The smallest absolute Gasteiger partial charge is 0.258 e. The van der Waals surface area contributed by atoms with E-state index in [1.54, 1.807) is 13.8 Å². The van der Waals surface area contributed by atoms with E-state index >= 15 is 0 Å². The van der Waals surface area contributed by atoms with Crippen molar-refractivity contribution < 1.29 is 13.2 Å². The van der Waals surface area contributed by atoms with Gasteiger partial charge in [-0.1, -0.05) is 31.5 Å². The van der Waals surface area contributed by atoms with Crippen molar-refractivity contribution in [3.63, 3.8) is 0 Å². The molecule has 2 rings (SSSR count). The zero-order valence-corrected chi connectivity index (χ0v) is 19.2. The highest BCUT2D eigenvalue weighted by atomic mass is 35.5. The van der Waals surface area contributed by atoms with Gasteiger partial charge in [0.15, 0.2) is 0 Å². The van der Waals surface area contributed by atoms with Crippen LogP contribution in [0.15, 0.2) is 41.3 Å². The van der Waals surface area contributed by atoms with Crippen LogP contribution in [-0.4, -0.2) is 38.3 Å². The lowest BCUT2D eigenvalue weighted by Crippen LogP contribution is -2.33. The maximum absolute atomic E-state index is 13.3. The summed E-state index contributed by atoms with van der Waals surface area (Å²) in [5.41, 5.74) is 2.96. The Morgan fingerprint density at radius 3 is 2.30 bits per heavy atom. The number of benzene rings is 2. The Bertz CT molecular complexity index is 1070. The molecule has 8 heteroatoms. The zero-order valence-electron chi connectivity index (χ0n) is 17.6. The van der Waals surface area contributed by atoms with E-state index in [9.17, 15) is 13.2 Å². The van der Waals surface area contributed by atoms with Crippen molar-refractivity contribution in [1.29, 1.82) is 5.26 Å². The van der Waals surface area contributed by atoms with Crippen LogP contribution in [0.3, 0.4) is 0 Å². The van der Waals surface area contributed by atoms with Gasteiger partial charge in [-0.3, -0.25) is 4.79 Å². The molecule has 0 aliphatic rings. The Morgan fingerprint density at radius 2 is 1.73 bits per heavy atom. The first-order chi connectivity index (χ1) is 14.2. The molecule has 0 atom stereocenters. The van der Waals surface area contributed by atoms with Gasteiger partial charge >= 0.3 is 0 Å². The number of carbonyl (C=O) groups is 1. The van der Waals surface area contributed by atoms with Crippen molar-refractivity contribution in [3.8, 4) is 6.07 Å². The molecule has 0 fully saturated rings. The third-order valence-electron chi connectivity index (χ3n) is 5.00. The van der Waals surface area contributed by atoms with Gasteiger partial charge in [0, 0.05) is 30.9 Å². The number of aryl methyl sites for hydroxylation is 2. The molecule has 6 nitrogen and oxygen atoms in total. The minimum absolute atomic E-state index is 0.0632. The van der Waals surface area contributed by atoms with Crippen LogP contribution < -0.4 is 4.90 Å². The van der Waals surface area contributed by atoms with E-state index in [1.807, 2.05) is 32.0 Å². The molecule has 30 heavy (non-hydrogen) atoms. The third-order valence-corrected chi connectivity index (χ3v) is 7.53. The van der Waals surface area contributed by atoms with Crippen LogP contribution in [-0.2, 0) is 10.0 Å². The Kier molecular flexibility index (Phi) is 8.02. The van der Waals surface area contributed by atoms with Gasteiger partial charge in [-0.15, -0.1) is 0 Å². The van der Waals surface area contributed by atoms with E-state index < -0.39 is 10.0 Å². The van der Waals surface area contributed by atoms with Crippen molar-refractivity contribution in [3.05, 3.63) is 58.1 Å². The molecule has 1 amide bonds. The van der Waals surface area contributed by atoms with Crippen molar-refractivity contribution in [2.24, 2.45) is 0 Å². The number of carbonyl (C=O) groups excluding carboxylic acids is 1. The fraction of sp³-hybridized carbons (Fsp3) is 0.364. The zero-order chi connectivity index (χ0) is 22.5. The van der Waals surface area contributed by atoms with Crippen LogP contribution in [0.5, 0.6) is 0 Å². The predicted molar refractivity (Wildman–Crippen MR) is 119 cm³/mol. The Morgan fingerprint density at radius 1 is 1.07 bits per heavy atom. The van der Waals surface area contributed by atoms with Gasteiger partial charge < -0.3 is 4.90 Å². The second-order valence-corrected chi connectivity index (χ2v) is 9.18. The number of rotatable bonds is 8. The summed E-state index contributed by atoms with van der Waals surface area (Å²) in [6, 6.07) is 11.9. The maximum atomic E-state index is 13.3. The molecule has 0 radical (unpaired) electrons. The summed E-state index contributed by atoms with van der Waals surface area (Å²) in [6.45, 7) is 8.20. The second kappa shape index (κ2) is 10.1. The maximum Gasteiger partial charge on any atom is 0.258 e. The van der Waals surface area contributed by atoms with Gasteiger partial charge in [-0.2, -0.15) is 9.57 Å². The molecule has 0 heterocycles. The van der Waals surface area contributed by atoms with Crippen LogP contribution in [0, 0.1) is 25.2 Å². The van der Waals surface area contributed by atoms with Crippen molar-refractivity contribution in [2.75, 3.05) is 24.5 Å². The van der Waals surface area contributed by atoms with E-state index in [2.05, 4.69) is 6.07 Å². The van der Waals surface area contributed by atoms with Crippen LogP contribution in [0.2, 0.25) is 5.02 Å². The molecule has 0 spiro atoms. The minimum Gasteiger partial charge on any atom is -0.307 e. The molecule has 0 saturated heterocycles. The van der Waals surface area contributed by atoms with Crippen molar-refractivity contribution >= 4 is 33.2 Å².